The van der Waals surface area contributed by atoms with Crippen molar-refractivity contribution in [3.05, 3.63) is 11.2 Å². The van der Waals surface area contributed by atoms with Gasteiger partial charge in [0.1, 0.15) is 0 Å². The fourth-order valence-corrected chi connectivity index (χ4v) is 5.65. The van der Waals surface area contributed by atoms with Crippen LogP contribution in [0.3, 0.4) is 0 Å². The molecule has 108 valence electrons. The number of rotatable bonds is 4. The highest BCUT2D eigenvalue weighted by atomic mass is 28.3. The van der Waals surface area contributed by atoms with E-state index in [9.17, 15) is 0 Å². The highest BCUT2D eigenvalue weighted by molar-refractivity contribution is 6.96. The highest BCUT2D eigenvalue weighted by Crippen LogP contribution is 2.40. The van der Waals surface area contributed by atoms with Gasteiger partial charge in [0.15, 0.2) is 0 Å². The van der Waals surface area contributed by atoms with Crippen LogP contribution in [-0.4, -0.2) is 21.1 Å². The first-order valence-electron chi connectivity index (χ1n) is 8.38. The Morgan fingerprint density at radius 2 is 1.79 bits per heavy atom. The van der Waals surface area contributed by atoms with E-state index in [0.717, 1.165) is 5.82 Å². The standard InChI is InChI=1S/C16H31BOSi/c1-5-6-13-16(19(2,3)4)17-14-9-7-11-15(18-17)12-8-10-14/h13-15H,5-12H2,1-4H3/b16-13-. The van der Waals surface area contributed by atoms with Crippen LogP contribution in [0.1, 0.15) is 58.3 Å². The van der Waals surface area contributed by atoms with E-state index < -0.39 is 8.07 Å². The third-order valence-electron chi connectivity index (χ3n) is 4.79. The van der Waals surface area contributed by atoms with Gasteiger partial charge >= 0.3 is 6.92 Å². The Hall–Kier alpha value is -0.0182. The van der Waals surface area contributed by atoms with Gasteiger partial charge in [0.25, 0.3) is 0 Å². The maximum absolute atomic E-state index is 6.59. The third-order valence-corrected chi connectivity index (χ3v) is 7.02. The Labute approximate surface area is 121 Å². The monoisotopic (exact) mass is 278 g/mol. The van der Waals surface area contributed by atoms with E-state index in [1.807, 2.05) is 0 Å². The van der Waals surface area contributed by atoms with Gasteiger partial charge in [0, 0.05) is 6.10 Å². The molecule has 0 radical (unpaired) electrons. The van der Waals surface area contributed by atoms with Crippen LogP contribution in [0.2, 0.25) is 25.5 Å². The van der Waals surface area contributed by atoms with E-state index >= 15 is 0 Å². The number of hydrogen-bond donors (Lipinski definition) is 0. The second-order valence-corrected chi connectivity index (χ2v) is 12.6. The summed E-state index contributed by atoms with van der Waals surface area (Å²) < 4.78 is 6.59. The van der Waals surface area contributed by atoms with Gasteiger partial charge < -0.3 is 4.65 Å². The zero-order valence-electron chi connectivity index (χ0n) is 13.4. The van der Waals surface area contributed by atoms with E-state index in [-0.39, 0.29) is 0 Å². The predicted octanol–water partition coefficient (Wildman–Crippen LogP) is 5.24. The van der Waals surface area contributed by atoms with Crippen LogP contribution in [0, 0.1) is 0 Å². The normalized spacial score (nSPS) is 29.3. The quantitative estimate of drug-likeness (QED) is 0.639. The molecule has 0 N–H and O–H groups in total. The first-order chi connectivity index (χ1) is 9.02. The van der Waals surface area contributed by atoms with Crippen LogP contribution in [-0.2, 0) is 4.65 Å². The van der Waals surface area contributed by atoms with Crippen molar-refractivity contribution in [2.75, 3.05) is 0 Å². The molecule has 0 atom stereocenters. The van der Waals surface area contributed by atoms with Crippen molar-refractivity contribution >= 4 is 15.0 Å². The summed E-state index contributed by atoms with van der Waals surface area (Å²) in [4.78, 5) is 0. The zero-order valence-corrected chi connectivity index (χ0v) is 14.4. The lowest BCUT2D eigenvalue weighted by molar-refractivity contribution is 0.190. The van der Waals surface area contributed by atoms with Crippen molar-refractivity contribution in [1.29, 1.82) is 0 Å². The smallest absolute Gasteiger partial charge is 0.321 e. The molecule has 0 unspecified atom stereocenters. The summed E-state index contributed by atoms with van der Waals surface area (Å²) in [5, 5.41) is 1.72. The molecule has 2 fully saturated rings. The van der Waals surface area contributed by atoms with Crippen molar-refractivity contribution in [3.63, 3.8) is 0 Å². The lowest BCUT2D eigenvalue weighted by Crippen LogP contribution is -2.40. The van der Waals surface area contributed by atoms with Gasteiger partial charge in [-0.3, -0.25) is 0 Å². The van der Waals surface area contributed by atoms with Crippen molar-refractivity contribution in [2.24, 2.45) is 0 Å². The highest BCUT2D eigenvalue weighted by Gasteiger charge is 2.41. The van der Waals surface area contributed by atoms with Crippen LogP contribution in [0.4, 0.5) is 0 Å². The summed E-state index contributed by atoms with van der Waals surface area (Å²) in [6.45, 7) is 10.2. The summed E-state index contributed by atoms with van der Waals surface area (Å²) in [7, 11) is -1.26. The van der Waals surface area contributed by atoms with E-state index in [2.05, 4.69) is 32.6 Å². The summed E-state index contributed by atoms with van der Waals surface area (Å²) in [6.07, 6.45) is 13.8. The van der Waals surface area contributed by atoms with Crippen LogP contribution in [0.15, 0.2) is 11.2 Å². The number of unbranched alkanes of at least 4 members (excludes halogenated alkanes) is 1. The molecule has 2 saturated heterocycles. The Bertz CT molecular complexity index is 311. The molecule has 2 aliphatic rings. The molecule has 1 nitrogen and oxygen atoms in total. The second kappa shape index (κ2) is 6.62. The number of fused-ring (bicyclic) bond motifs is 3. The molecular formula is C16H31BOSi. The second-order valence-electron chi connectivity index (χ2n) is 7.50. The topological polar surface area (TPSA) is 9.23 Å². The SMILES string of the molecule is CCC/C=C(/B1OC2CCCC1CCC2)[Si](C)(C)C. The lowest BCUT2D eigenvalue weighted by atomic mass is 9.53. The summed E-state index contributed by atoms with van der Waals surface area (Å²) in [5.74, 6) is 0.808. The van der Waals surface area contributed by atoms with Crippen LogP contribution < -0.4 is 0 Å². The minimum absolute atomic E-state index is 0.466. The molecule has 0 aromatic rings. The molecular weight excluding hydrogens is 247 g/mol. The Morgan fingerprint density at radius 3 is 2.32 bits per heavy atom. The molecule has 3 heteroatoms. The van der Waals surface area contributed by atoms with Crippen molar-refractivity contribution < 1.29 is 4.65 Å². The molecule has 0 saturated carbocycles. The molecule has 0 amide bonds. The van der Waals surface area contributed by atoms with Crippen molar-refractivity contribution in [2.45, 2.75) is 89.9 Å². The molecule has 2 bridgehead atoms. The van der Waals surface area contributed by atoms with Gasteiger partial charge in [-0.2, -0.15) is 0 Å². The minimum Gasteiger partial charge on any atom is -0.429 e. The minimum atomic E-state index is -1.26. The van der Waals surface area contributed by atoms with Gasteiger partial charge in [0.2, 0.25) is 0 Å². The Morgan fingerprint density at radius 1 is 1.16 bits per heavy atom. The first-order valence-corrected chi connectivity index (χ1v) is 11.9. The average molecular weight is 278 g/mol. The summed E-state index contributed by atoms with van der Waals surface area (Å²) in [6, 6.07) is 0. The van der Waals surface area contributed by atoms with Crippen LogP contribution >= 0.6 is 0 Å². The van der Waals surface area contributed by atoms with Crippen LogP contribution in [0.5, 0.6) is 0 Å². The maximum Gasteiger partial charge on any atom is 0.321 e. The fourth-order valence-electron chi connectivity index (χ4n) is 3.74. The number of hydrogen-bond acceptors (Lipinski definition) is 1. The predicted molar refractivity (Wildman–Crippen MR) is 88.4 cm³/mol. The van der Waals surface area contributed by atoms with E-state index in [1.165, 1.54) is 51.4 Å². The number of allylic oxidation sites excluding steroid dienone is 1. The van der Waals surface area contributed by atoms with Gasteiger partial charge in [-0.25, -0.2) is 0 Å². The van der Waals surface area contributed by atoms with Gasteiger partial charge in [-0.1, -0.05) is 69.8 Å². The van der Waals surface area contributed by atoms with Gasteiger partial charge in [-0.15, -0.1) is 0 Å². The maximum atomic E-state index is 6.59. The molecule has 2 heterocycles. The van der Waals surface area contributed by atoms with E-state index in [0.29, 0.717) is 13.0 Å². The molecule has 0 aliphatic carbocycles. The molecule has 0 aromatic carbocycles. The molecule has 2 rings (SSSR count). The van der Waals surface area contributed by atoms with Gasteiger partial charge in [-0.05, 0) is 25.1 Å². The third kappa shape index (κ3) is 3.98. The van der Waals surface area contributed by atoms with Crippen molar-refractivity contribution in [3.8, 4) is 0 Å². The fraction of sp³-hybridized carbons (Fsp3) is 0.875. The van der Waals surface area contributed by atoms with Crippen molar-refractivity contribution in [1.82, 2.24) is 0 Å². The first kappa shape index (κ1) is 15.4. The summed E-state index contributed by atoms with van der Waals surface area (Å²) in [5.41, 5.74) is 0. The average Bonchev–Trinajstić information content (AvgIpc) is 2.59. The Kier molecular flexibility index (Phi) is 5.36. The van der Waals surface area contributed by atoms with E-state index in [1.54, 1.807) is 5.10 Å². The molecule has 0 spiro atoms. The molecule has 2 aliphatic heterocycles. The zero-order chi connectivity index (χ0) is 13.9. The largest absolute Gasteiger partial charge is 0.429 e. The van der Waals surface area contributed by atoms with Gasteiger partial charge in [0.05, 0.1) is 8.07 Å². The van der Waals surface area contributed by atoms with E-state index in [4.69, 9.17) is 4.65 Å². The Balaban J connectivity index is 2.24. The lowest BCUT2D eigenvalue weighted by Gasteiger charge is -2.31. The van der Waals surface area contributed by atoms with Crippen LogP contribution in [0.25, 0.3) is 0 Å². The molecule has 19 heavy (non-hydrogen) atoms. The molecule has 0 aromatic heterocycles. The summed E-state index contributed by atoms with van der Waals surface area (Å²) >= 11 is 0.